The number of fused-ring (bicyclic) bond motifs is 2. The molecular formula is C29H24ClF3N2O6. The third kappa shape index (κ3) is 5.62. The minimum Gasteiger partial charge on any atom is -0.497 e. The summed E-state index contributed by atoms with van der Waals surface area (Å²) in [6, 6.07) is 14.1. The van der Waals surface area contributed by atoms with E-state index < -0.39 is 18.4 Å². The number of alkyl halides is 3. The number of hydrogen-bond donors (Lipinski definition) is 1. The Hall–Kier alpha value is -4.38. The maximum atomic E-state index is 13.1. The molecule has 5 aromatic rings. The van der Waals surface area contributed by atoms with Gasteiger partial charge in [0.25, 0.3) is 0 Å². The van der Waals surface area contributed by atoms with Crippen molar-refractivity contribution < 1.29 is 41.8 Å². The molecule has 0 bridgehead atoms. The molecule has 1 N–H and O–H groups in total. The van der Waals surface area contributed by atoms with Gasteiger partial charge in [0, 0.05) is 40.3 Å². The highest BCUT2D eigenvalue weighted by molar-refractivity contribution is 6.31. The minimum atomic E-state index is -4.88. The highest BCUT2D eigenvalue weighted by Gasteiger charge is 2.32. The van der Waals surface area contributed by atoms with Gasteiger partial charge in [0.05, 0.1) is 18.0 Å². The molecular weight excluding hydrogens is 565 g/mol. The first-order chi connectivity index (χ1) is 19.5. The maximum Gasteiger partial charge on any atom is 0.573 e. The normalized spacial score (nSPS) is 12.6. The summed E-state index contributed by atoms with van der Waals surface area (Å²) in [5.74, 6) is -0.611. The van der Waals surface area contributed by atoms with E-state index in [0.717, 1.165) is 0 Å². The van der Waals surface area contributed by atoms with Gasteiger partial charge in [0.2, 0.25) is 0 Å². The maximum absolute atomic E-state index is 13.1. The fourth-order valence-corrected chi connectivity index (χ4v) is 4.95. The quantitative estimate of drug-likeness (QED) is 0.189. The van der Waals surface area contributed by atoms with Crippen LogP contribution in [0, 0.1) is 6.92 Å². The molecule has 12 heteroatoms. The molecule has 0 unspecified atom stereocenters. The molecule has 0 radical (unpaired) electrons. The molecule has 0 aliphatic carbocycles. The monoisotopic (exact) mass is 588 g/mol. The summed E-state index contributed by atoms with van der Waals surface area (Å²) in [7, 11) is 1.53. The summed E-state index contributed by atoms with van der Waals surface area (Å²) in [5, 5.41) is 15.3. The lowest BCUT2D eigenvalue weighted by molar-refractivity contribution is -0.274. The molecule has 0 saturated carbocycles. The lowest BCUT2D eigenvalue weighted by Crippen LogP contribution is -2.25. The van der Waals surface area contributed by atoms with Crippen LogP contribution in [-0.2, 0) is 11.3 Å². The summed E-state index contributed by atoms with van der Waals surface area (Å²) < 4.78 is 61.7. The fraction of sp³-hybridized carbons (Fsp3) is 0.241. The average molecular weight is 589 g/mol. The van der Waals surface area contributed by atoms with Crippen molar-refractivity contribution in [1.29, 1.82) is 0 Å². The van der Waals surface area contributed by atoms with E-state index in [4.69, 9.17) is 25.6 Å². The molecule has 0 fully saturated rings. The Balaban J connectivity index is 1.66. The predicted octanol–water partition coefficient (Wildman–Crippen LogP) is 7.61. The van der Waals surface area contributed by atoms with Gasteiger partial charge in [-0.3, -0.25) is 0 Å². The minimum absolute atomic E-state index is 0.126. The zero-order chi connectivity index (χ0) is 29.5. The van der Waals surface area contributed by atoms with Crippen LogP contribution in [-0.4, -0.2) is 40.4 Å². The van der Waals surface area contributed by atoms with Gasteiger partial charge < -0.3 is 28.4 Å². The topological polar surface area (TPSA) is 96.0 Å². The van der Waals surface area contributed by atoms with Crippen molar-refractivity contribution in [2.45, 2.75) is 39.3 Å². The number of carboxylic acid groups (broad SMARTS) is 1. The van der Waals surface area contributed by atoms with Crippen LogP contribution in [0.25, 0.3) is 33.1 Å². The van der Waals surface area contributed by atoms with Gasteiger partial charge >= 0.3 is 12.3 Å². The molecule has 0 amide bonds. The summed E-state index contributed by atoms with van der Waals surface area (Å²) in [6.07, 6.45) is -5.68. The third-order valence-electron chi connectivity index (χ3n) is 6.72. The summed E-state index contributed by atoms with van der Waals surface area (Å²) in [4.78, 5) is 11.5. The van der Waals surface area contributed by atoms with E-state index in [1.165, 1.54) is 19.2 Å². The van der Waals surface area contributed by atoms with Crippen LogP contribution in [0.5, 0.6) is 17.2 Å². The largest absolute Gasteiger partial charge is 0.573 e. The molecule has 0 saturated heterocycles. The predicted molar refractivity (Wildman–Crippen MR) is 146 cm³/mol. The smallest absolute Gasteiger partial charge is 0.497 e. The van der Waals surface area contributed by atoms with E-state index in [9.17, 15) is 23.1 Å². The first-order valence-corrected chi connectivity index (χ1v) is 12.9. The lowest BCUT2D eigenvalue weighted by atomic mass is 10.0. The van der Waals surface area contributed by atoms with Crippen molar-refractivity contribution in [3.63, 3.8) is 0 Å². The van der Waals surface area contributed by atoms with Crippen LogP contribution >= 0.6 is 11.6 Å². The number of ether oxygens (including phenoxy) is 3. The molecule has 3 aromatic carbocycles. The number of aliphatic carboxylic acids is 1. The molecule has 0 aliphatic rings. The number of aromatic nitrogens is 2. The number of carboxylic acids is 1. The molecule has 214 valence electrons. The van der Waals surface area contributed by atoms with Gasteiger partial charge in [0.15, 0.2) is 11.7 Å². The highest BCUT2D eigenvalue weighted by atomic mass is 35.5. The standard InChI is InChI=1S/C29H24ClF3N2O6/c1-4-24(28(36)37)39-18-7-10-22(30)16(11-18)14-35-15(2)26(20-8-6-19(12-23(20)35)40-29(31,32)33)27-21-9-5-17(38-3)13-25(21)41-34-27/h5-13,24H,4,14H2,1-3H3,(H,36,37)/t24-/m1/s1. The zero-order valence-corrected chi connectivity index (χ0v) is 22.8. The van der Waals surface area contributed by atoms with E-state index in [1.807, 2.05) is 6.92 Å². The first-order valence-electron chi connectivity index (χ1n) is 12.5. The Labute approximate surface area is 236 Å². The van der Waals surface area contributed by atoms with Crippen LogP contribution < -0.4 is 14.2 Å². The van der Waals surface area contributed by atoms with Crippen LogP contribution in [0.2, 0.25) is 5.02 Å². The van der Waals surface area contributed by atoms with E-state index in [2.05, 4.69) is 9.89 Å². The zero-order valence-electron chi connectivity index (χ0n) is 22.1. The molecule has 0 spiro atoms. The van der Waals surface area contributed by atoms with Crippen molar-refractivity contribution >= 4 is 39.4 Å². The highest BCUT2D eigenvalue weighted by Crippen LogP contribution is 2.41. The third-order valence-corrected chi connectivity index (χ3v) is 7.08. The van der Waals surface area contributed by atoms with Gasteiger partial charge in [-0.25, -0.2) is 4.79 Å². The van der Waals surface area contributed by atoms with E-state index >= 15 is 0 Å². The Bertz CT molecular complexity index is 1760. The second-order valence-electron chi connectivity index (χ2n) is 9.27. The lowest BCUT2D eigenvalue weighted by Gasteiger charge is -2.16. The average Bonchev–Trinajstić information content (AvgIpc) is 3.45. The fourth-order valence-electron chi connectivity index (χ4n) is 4.77. The molecule has 0 aliphatic heterocycles. The van der Waals surface area contributed by atoms with E-state index in [1.54, 1.807) is 54.0 Å². The van der Waals surface area contributed by atoms with Crippen LogP contribution in [0.4, 0.5) is 13.2 Å². The molecule has 2 heterocycles. The van der Waals surface area contributed by atoms with Gasteiger partial charge in [-0.1, -0.05) is 23.7 Å². The molecule has 2 aromatic heterocycles. The Morgan fingerprint density at radius 2 is 1.78 bits per heavy atom. The first kappa shape index (κ1) is 28.2. The van der Waals surface area contributed by atoms with E-state index in [-0.39, 0.29) is 18.7 Å². The molecule has 1 atom stereocenters. The van der Waals surface area contributed by atoms with Crippen molar-refractivity contribution in [1.82, 2.24) is 9.72 Å². The second-order valence-corrected chi connectivity index (χ2v) is 9.68. The van der Waals surface area contributed by atoms with Crippen molar-refractivity contribution in [3.8, 4) is 28.5 Å². The van der Waals surface area contributed by atoms with Crippen LogP contribution in [0.1, 0.15) is 24.6 Å². The summed E-state index contributed by atoms with van der Waals surface area (Å²) in [5.41, 5.74) is 3.31. The summed E-state index contributed by atoms with van der Waals surface area (Å²) >= 11 is 6.52. The number of methoxy groups -OCH3 is 1. The van der Waals surface area contributed by atoms with Gasteiger partial charge in [-0.05, 0) is 61.4 Å². The Morgan fingerprint density at radius 3 is 2.46 bits per heavy atom. The Morgan fingerprint density at radius 1 is 1.07 bits per heavy atom. The number of nitrogens with zero attached hydrogens (tertiary/aromatic N) is 2. The van der Waals surface area contributed by atoms with Crippen molar-refractivity contribution in [2.24, 2.45) is 0 Å². The Kier molecular flexibility index (Phi) is 7.48. The summed E-state index contributed by atoms with van der Waals surface area (Å²) in [6.45, 7) is 3.63. The van der Waals surface area contributed by atoms with Gasteiger partial charge in [-0.2, -0.15) is 0 Å². The number of carbonyl (C=O) groups is 1. The SMILES string of the molecule is CC[C@@H](Oc1ccc(Cl)c(Cn2c(C)c(-c3noc4cc(OC)ccc34)c3ccc(OC(F)(F)F)cc32)c1)C(=O)O. The van der Waals surface area contributed by atoms with Gasteiger partial charge in [-0.15, -0.1) is 13.2 Å². The van der Waals surface area contributed by atoms with Gasteiger partial charge in [0.1, 0.15) is 22.9 Å². The number of rotatable bonds is 9. The van der Waals surface area contributed by atoms with Crippen LogP contribution in [0.15, 0.2) is 59.1 Å². The number of hydrogen-bond acceptors (Lipinski definition) is 6. The van der Waals surface area contributed by atoms with Crippen molar-refractivity contribution in [3.05, 3.63) is 70.9 Å². The second kappa shape index (κ2) is 10.9. The molecule has 8 nitrogen and oxygen atoms in total. The molecule has 5 rings (SSSR count). The number of halogens is 4. The number of benzene rings is 3. The van der Waals surface area contributed by atoms with Crippen molar-refractivity contribution in [2.75, 3.05) is 7.11 Å². The molecule has 41 heavy (non-hydrogen) atoms. The van der Waals surface area contributed by atoms with Crippen LogP contribution in [0.3, 0.4) is 0 Å². The van der Waals surface area contributed by atoms with E-state index in [0.29, 0.717) is 60.9 Å².